The zero-order valence-electron chi connectivity index (χ0n) is 6.73. The monoisotopic (exact) mass is 222 g/mol. The van der Waals surface area contributed by atoms with Gasteiger partial charge < -0.3 is 9.52 Å². The molecule has 0 spiro atoms. The lowest BCUT2D eigenvalue weighted by molar-refractivity contribution is -0.136. The fraction of sp³-hybridized carbons (Fsp3) is 0.500. The highest BCUT2D eigenvalue weighted by Gasteiger charge is 2.15. The third kappa shape index (κ3) is 3.23. The number of aliphatic carboxylic acids is 1. The van der Waals surface area contributed by atoms with Crippen molar-refractivity contribution in [2.24, 2.45) is 0 Å². The largest absolute Gasteiger partial charge is 0.480 e. The Balaban J connectivity index is 2.39. The van der Waals surface area contributed by atoms with E-state index in [2.05, 4.69) is 10.2 Å². The summed E-state index contributed by atoms with van der Waals surface area (Å²) in [5.41, 5.74) is 0. The molecule has 1 aromatic heterocycles. The van der Waals surface area contributed by atoms with Gasteiger partial charge in [-0.1, -0.05) is 11.8 Å². The van der Waals surface area contributed by atoms with E-state index in [9.17, 15) is 4.79 Å². The van der Waals surface area contributed by atoms with Crippen molar-refractivity contribution >= 4 is 29.3 Å². The first-order valence-electron chi connectivity index (χ1n) is 3.39. The first kappa shape index (κ1) is 10.3. The summed E-state index contributed by atoms with van der Waals surface area (Å²) in [5, 5.41) is 15.1. The summed E-state index contributed by atoms with van der Waals surface area (Å²) in [6.45, 7) is 1.66. The van der Waals surface area contributed by atoms with Crippen LogP contribution in [0.4, 0.5) is 0 Å². The van der Waals surface area contributed by atoms with E-state index in [4.69, 9.17) is 21.1 Å². The summed E-state index contributed by atoms with van der Waals surface area (Å²) in [7, 11) is 0. The molecule has 7 heteroatoms. The maximum atomic E-state index is 10.3. The molecule has 0 saturated heterocycles. The lowest BCUT2D eigenvalue weighted by Crippen LogP contribution is -2.15. The summed E-state index contributed by atoms with van der Waals surface area (Å²) in [4.78, 5) is 10.3. The van der Waals surface area contributed by atoms with E-state index in [1.54, 1.807) is 6.92 Å². The smallest absolute Gasteiger partial charge is 0.322 e. The van der Waals surface area contributed by atoms with Crippen LogP contribution in [0.15, 0.2) is 9.64 Å². The number of carboxylic acid groups (broad SMARTS) is 1. The molecule has 0 bridgehead atoms. The van der Waals surface area contributed by atoms with Crippen molar-refractivity contribution in [3.63, 3.8) is 0 Å². The van der Waals surface area contributed by atoms with Crippen LogP contribution in [0.25, 0.3) is 0 Å². The Morgan fingerprint density at radius 1 is 1.77 bits per heavy atom. The fourth-order valence-corrected chi connectivity index (χ4v) is 1.45. The van der Waals surface area contributed by atoms with Crippen LogP contribution in [-0.4, -0.2) is 32.4 Å². The quantitative estimate of drug-likeness (QED) is 0.609. The number of carbonyl (C=O) groups is 1. The molecular formula is C6H7ClN2O3S. The molecule has 0 aliphatic rings. The molecule has 0 amide bonds. The van der Waals surface area contributed by atoms with E-state index in [-0.39, 0.29) is 5.75 Å². The normalized spacial score (nSPS) is 12.8. The molecule has 0 radical (unpaired) electrons. The SMILES string of the molecule is Cc1nnc(SCC(Cl)C(=O)O)o1. The Morgan fingerprint density at radius 3 is 2.92 bits per heavy atom. The Morgan fingerprint density at radius 2 is 2.46 bits per heavy atom. The zero-order chi connectivity index (χ0) is 9.84. The third-order valence-electron chi connectivity index (χ3n) is 1.13. The predicted molar refractivity (Wildman–Crippen MR) is 47.0 cm³/mol. The van der Waals surface area contributed by atoms with Gasteiger partial charge in [0.05, 0.1) is 0 Å². The van der Waals surface area contributed by atoms with Crippen LogP contribution >= 0.6 is 23.4 Å². The molecule has 13 heavy (non-hydrogen) atoms. The van der Waals surface area contributed by atoms with Crippen LogP contribution in [0.5, 0.6) is 0 Å². The van der Waals surface area contributed by atoms with Gasteiger partial charge in [0.1, 0.15) is 5.38 Å². The van der Waals surface area contributed by atoms with Gasteiger partial charge in [-0.25, -0.2) is 0 Å². The maximum absolute atomic E-state index is 10.3. The summed E-state index contributed by atoms with van der Waals surface area (Å²) < 4.78 is 5.00. The van der Waals surface area contributed by atoms with Crippen LogP contribution in [0.1, 0.15) is 5.89 Å². The van der Waals surface area contributed by atoms with Gasteiger partial charge in [-0.2, -0.15) is 0 Å². The van der Waals surface area contributed by atoms with Crippen molar-refractivity contribution in [3.8, 4) is 0 Å². The van der Waals surface area contributed by atoms with Crippen molar-refractivity contribution in [1.29, 1.82) is 0 Å². The molecule has 0 fully saturated rings. The van der Waals surface area contributed by atoms with Crippen LogP contribution in [0.2, 0.25) is 0 Å². The maximum Gasteiger partial charge on any atom is 0.322 e. The lowest BCUT2D eigenvalue weighted by atomic mass is 10.5. The van der Waals surface area contributed by atoms with E-state index < -0.39 is 11.3 Å². The molecule has 1 aromatic rings. The number of thioether (sulfide) groups is 1. The van der Waals surface area contributed by atoms with E-state index >= 15 is 0 Å². The Kier molecular flexibility index (Phi) is 3.56. The molecule has 0 aromatic carbocycles. The Labute approximate surface area is 83.5 Å². The van der Waals surface area contributed by atoms with Gasteiger partial charge in [-0.05, 0) is 0 Å². The number of hydrogen-bond acceptors (Lipinski definition) is 5. The Hall–Kier alpha value is -0.750. The molecule has 0 saturated carbocycles. The minimum Gasteiger partial charge on any atom is -0.480 e. The number of aryl methyl sites for hydroxylation is 1. The van der Waals surface area contributed by atoms with Gasteiger partial charge in [0.25, 0.3) is 5.22 Å². The van der Waals surface area contributed by atoms with Crippen LogP contribution in [-0.2, 0) is 4.79 Å². The van der Waals surface area contributed by atoms with Gasteiger partial charge in [-0.3, -0.25) is 4.79 Å². The number of carboxylic acids is 1. The first-order chi connectivity index (χ1) is 6.09. The second-order valence-corrected chi connectivity index (χ2v) is 3.70. The molecule has 1 atom stereocenters. The van der Waals surface area contributed by atoms with Gasteiger partial charge in [0.15, 0.2) is 0 Å². The molecule has 5 nitrogen and oxygen atoms in total. The molecule has 1 heterocycles. The topological polar surface area (TPSA) is 76.2 Å². The summed E-state index contributed by atoms with van der Waals surface area (Å²) >= 11 is 6.59. The number of aromatic nitrogens is 2. The minimum absolute atomic E-state index is 0.207. The van der Waals surface area contributed by atoms with Crippen molar-refractivity contribution in [1.82, 2.24) is 10.2 Å². The molecule has 1 unspecified atom stereocenters. The van der Waals surface area contributed by atoms with Crippen LogP contribution < -0.4 is 0 Å². The third-order valence-corrected chi connectivity index (χ3v) is 2.56. The Bertz CT molecular complexity index is 304. The number of alkyl halides is 1. The molecule has 1 rings (SSSR count). The molecule has 0 aliphatic heterocycles. The number of hydrogen-bond donors (Lipinski definition) is 1. The highest BCUT2D eigenvalue weighted by atomic mass is 35.5. The summed E-state index contributed by atoms with van der Waals surface area (Å²) in [6, 6.07) is 0. The van der Waals surface area contributed by atoms with Crippen LogP contribution in [0, 0.1) is 6.92 Å². The van der Waals surface area contributed by atoms with Crippen molar-refractivity contribution in [2.75, 3.05) is 5.75 Å². The van der Waals surface area contributed by atoms with Gasteiger partial charge >= 0.3 is 5.97 Å². The summed E-state index contributed by atoms with van der Waals surface area (Å²) in [6.07, 6.45) is 0. The lowest BCUT2D eigenvalue weighted by Gasteiger charge is -1.99. The second-order valence-electron chi connectivity index (χ2n) is 2.20. The first-order valence-corrected chi connectivity index (χ1v) is 4.81. The van der Waals surface area contributed by atoms with Gasteiger partial charge in [0, 0.05) is 12.7 Å². The highest BCUT2D eigenvalue weighted by molar-refractivity contribution is 7.99. The molecule has 1 N–H and O–H groups in total. The van der Waals surface area contributed by atoms with Gasteiger partial charge in [0.2, 0.25) is 5.89 Å². The average molecular weight is 223 g/mol. The molecule has 0 aliphatic carbocycles. The number of rotatable bonds is 4. The fourth-order valence-electron chi connectivity index (χ4n) is 0.552. The van der Waals surface area contributed by atoms with Crippen molar-refractivity contribution in [2.45, 2.75) is 17.5 Å². The van der Waals surface area contributed by atoms with Crippen molar-refractivity contribution in [3.05, 3.63) is 5.89 Å². The molecular weight excluding hydrogens is 216 g/mol. The predicted octanol–water partition coefficient (Wildman–Crippen LogP) is 1.16. The van der Waals surface area contributed by atoms with E-state index in [0.717, 1.165) is 11.8 Å². The average Bonchev–Trinajstić information content (AvgIpc) is 2.47. The van der Waals surface area contributed by atoms with E-state index in [1.165, 1.54) is 0 Å². The standard InChI is InChI=1S/C6H7ClN2O3S/c1-3-8-9-6(12-3)13-2-4(7)5(10)11/h4H,2H2,1H3,(H,10,11). The van der Waals surface area contributed by atoms with E-state index in [1.807, 2.05) is 0 Å². The minimum atomic E-state index is -1.05. The van der Waals surface area contributed by atoms with E-state index in [0.29, 0.717) is 11.1 Å². The highest BCUT2D eigenvalue weighted by Crippen LogP contribution is 2.18. The number of nitrogens with zero attached hydrogens (tertiary/aromatic N) is 2. The number of halogens is 1. The van der Waals surface area contributed by atoms with Gasteiger partial charge in [-0.15, -0.1) is 21.8 Å². The van der Waals surface area contributed by atoms with Crippen LogP contribution in [0.3, 0.4) is 0 Å². The molecule has 72 valence electrons. The zero-order valence-corrected chi connectivity index (χ0v) is 8.30. The second kappa shape index (κ2) is 4.48. The summed E-state index contributed by atoms with van der Waals surface area (Å²) in [5.74, 6) is -0.396. The van der Waals surface area contributed by atoms with Crippen molar-refractivity contribution < 1.29 is 14.3 Å².